The van der Waals surface area contributed by atoms with Crippen LogP contribution in [0.2, 0.25) is 0 Å². The largest absolute Gasteiger partial charge is 0.493 e. The van der Waals surface area contributed by atoms with Gasteiger partial charge < -0.3 is 29.6 Å². The zero-order valence-electron chi connectivity index (χ0n) is 20.2. The molecule has 1 aliphatic heterocycles. The van der Waals surface area contributed by atoms with Crippen LogP contribution in [0.3, 0.4) is 0 Å². The Balaban J connectivity index is 2.12. The first kappa shape index (κ1) is 25.2. The Morgan fingerprint density at radius 2 is 1.71 bits per heavy atom. The van der Waals surface area contributed by atoms with Crippen LogP contribution in [-0.2, 0) is 9.47 Å². The van der Waals surface area contributed by atoms with Crippen molar-refractivity contribution in [2.75, 3.05) is 67.8 Å². The molecule has 1 saturated heterocycles. The smallest absolute Gasteiger partial charge is 0.191 e. The van der Waals surface area contributed by atoms with E-state index in [2.05, 4.69) is 53.4 Å². The second-order valence-corrected chi connectivity index (χ2v) is 8.70. The summed E-state index contributed by atoms with van der Waals surface area (Å²) in [6.45, 7) is 11.1. The van der Waals surface area contributed by atoms with Gasteiger partial charge in [0, 0.05) is 40.3 Å². The van der Waals surface area contributed by atoms with Gasteiger partial charge in [-0.3, -0.25) is 9.89 Å². The summed E-state index contributed by atoms with van der Waals surface area (Å²) < 4.78 is 22.2. The fourth-order valence-electron chi connectivity index (χ4n) is 3.75. The van der Waals surface area contributed by atoms with E-state index in [9.17, 15) is 0 Å². The molecule has 1 aliphatic rings. The van der Waals surface area contributed by atoms with Crippen molar-refractivity contribution in [3.8, 4) is 11.5 Å². The Hall–Kier alpha value is -2.03. The van der Waals surface area contributed by atoms with E-state index >= 15 is 0 Å². The Labute approximate surface area is 187 Å². The first-order chi connectivity index (χ1) is 14.8. The molecule has 0 aromatic heterocycles. The molecule has 1 aromatic rings. The molecular formula is C23H40N4O4. The summed E-state index contributed by atoms with van der Waals surface area (Å²) in [4.78, 5) is 6.83. The molecule has 1 fully saturated rings. The molecular weight excluding hydrogens is 396 g/mol. The second kappa shape index (κ2) is 12.1. The van der Waals surface area contributed by atoms with Crippen molar-refractivity contribution >= 4 is 5.96 Å². The first-order valence-corrected chi connectivity index (χ1v) is 10.8. The van der Waals surface area contributed by atoms with Crippen molar-refractivity contribution in [2.45, 2.75) is 32.9 Å². The molecule has 176 valence electrons. The molecule has 0 amide bonds. The van der Waals surface area contributed by atoms with Gasteiger partial charge in [0.05, 0.1) is 39.6 Å². The predicted octanol–water partition coefficient (Wildman–Crippen LogP) is 2.30. The summed E-state index contributed by atoms with van der Waals surface area (Å²) in [6, 6.07) is 6.25. The fraction of sp³-hybridized carbons (Fsp3) is 0.696. The highest BCUT2D eigenvalue weighted by Gasteiger charge is 2.26. The van der Waals surface area contributed by atoms with E-state index in [-0.39, 0.29) is 17.6 Å². The summed E-state index contributed by atoms with van der Waals surface area (Å²) in [5.41, 5.74) is 1.20. The minimum atomic E-state index is 0.0383. The summed E-state index contributed by atoms with van der Waals surface area (Å²) in [5, 5.41) is 6.89. The van der Waals surface area contributed by atoms with Crippen LogP contribution in [0.15, 0.2) is 23.2 Å². The van der Waals surface area contributed by atoms with Crippen LogP contribution in [0, 0.1) is 5.41 Å². The summed E-state index contributed by atoms with van der Waals surface area (Å²) in [5.74, 6) is 2.21. The lowest BCUT2D eigenvalue weighted by atomic mass is 9.89. The maximum absolute atomic E-state index is 5.65. The highest BCUT2D eigenvalue weighted by Crippen LogP contribution is 2.32. The number of morpholine rings is 1. The van der Waals surface area contributed by atoms with Gasteiger partial charge in [0.1, 0.15) is 0 Å². The van der Waals surface area contributed by atoms with E-state index < -0.39 is 0 Å². The minimum absolute atomic E-state index is 0.0383. The summed E-state index contributed by atoms with van der Waals surface area (Å²) in [7, 11) is 6.85. The number of hydrogen-bond acceptors (Lipinski definition) is 6. The molecule has 2 rings (SSSR count). The van der Waals surface area contributed by atoms with Crippen LogP contribution in [-0.4, -0.2) is 84.7 Å². The Kier molecular flexibility index (Phi) is 9.87. The number of benzene rings is 1. The molecule has 0 bridgehead atoms. The van der Waals surface area contributed by atoms with Crippen molar-refractivity contribution < 1.29 is 18.9 Å². The minimum Gasteiger partial charge on any atom is -0.493 e. The van der Waals surface area contributed by atoms with Crippen LogP contribution in [0.25, 0.3) is 0 Å². The van der Waals surface area contributed by atoms with Crippen LogP contribution in [0.5, 0.6) is 11.5 Å². The first-order valence-electron chi connectivity index (χ1n) is 10.8. The molecule has 8 heteroatoms. The summed E-state index contributed by atoms with van der Waals surface area (Å²) in [6.07, 6.45) is 0.0759. The molecule has 2 unspecified atom stereocenters. The number of ether oxygens (including phenoxy) is 4. The van der Waals surface area contributed by atoms with Gasteiger partial charge in [-0.05, 0) is 23.1 Å². The third kappa shape index (κ3) is 7.26. The number of rotatable bonds is 9. The molecule has 0 aliphatic carbocycles. The third-order valence-corrected chi connectivity index (χ3v) is 5.67. The zero-order valence-corrected chi connectivity index (χ0v) is 20.2. The SMILES string of the molecule is CN=C(NCC(c1ccc(OC)c(OC)c1)N1CCOCC1)NCC(OC)C(C)(C)C. The van der Waals surface area contributed by atoms with Crippen molar-refractivity contribution in [3.63, 3.8) is 0 Å². The summed E-state index contributed by atoms with van der Waals surface area (Å²) >= 11 is 0. The molecule has 2 N–H and O–H groups in total. The van der Waals surface area contributed by atoms with Gasteiger partial charge in [-0.15, -0.1) is 0 Å². The number of hydrogen-bond donors (Lipinski definition) is 2. The highest BCUT2D eigenvalue weighted by atomic mass is 16.5. The number of guanidine groups is 1. The lowest BCUT2D eigenvalue weighted by molar-refractivity contribution is 0.0165. The Bertz CT molecular complexity index is 699. The molecule has 31 heavy (non-hydrogen) atoms. The topological polar surface area (TPSA) is 76.6 Å². The fourth-order valence-corrected chi connectivity index (χ4v) is 3.75. The molecule has 8 nitrogen and oxygen atoms in total. The average molecular weight is 437 g/mol. The normalized spacial score (nSPS) is 17.7. The zero-order chi connectivity index (χ0) is 22.9. The average Bonchev–Trinajstić information content (AvgIpc) is 2.77. The van der Waals surface area contributed by atoms with Gasteiger partial charge in [0.15, 0.2) is 17.5 Å². The Morgan fingerprint density at radius 3 is 2.26 bits per heavy atom. The Morgan fingerprint density at radius 1 is 1.06 bits per heavy atom. The maximum atomic E-state index is 5.65. The van der Waals surface area contributed by atoms with Gasteiger partial charge in [-0.1, -0.05) is 26.8 Å². The highest BCUT2D eigenvalue weighted by molar-refractivity contribution is 5.79. The van der Waals surface area contributed by atoms with E-state index in [1.807, 2.05) is 6.07 Å². The lowest BCUT2D eigenvalue weighted by Crippen LogP contribution is -2.48. The van der Waals surface area contributed by atoms with Gasteiger partial charge in [-0.25, -0.2) is 0 Å². The van der Waals surface area contributed by atoms with Crippen LogP contribution in [0.1, 0.15) is 32.4 Å². The van der Waals surface area contributed by atoms with Crippen LogP contribution < -0.4 is 20.1 Å². The monoisotopic (exact) mass is 436 g/mol. The van der Waals surface area contributed by atoms with E-state index in [0.717, 1.165) is 49.3 Å². The van der Waals surface area contributed by atoms with Crippen LogP contribution >= 0.6 is 0 Å². The van der Waals surface area contributed by atoms with E-state index in [1.165, 1.54) is 0 Å². The molecule has 1 heterocycles. The van der Waals surface area contributed by atoms with E-state index in [4.69, 9.17) is 18.9 Å². The standard InChI is InChI=1S/C23H40N4O4/c1-23(2,3)21(30-7)16-26-22(24-4)25-15-18(27-10-12-31-13-11-27)17-8-9-19(28-5)20(14-17)29-6/h8-9,14,18,21H,10-13,15-16H2,1-7H3,(H2,24,25,26). The second-order valence-electron chi connectivity index (χ2n) is 8.70. The quantitative estimate of drug-likeness (QED) is 0.454. The van der Waals surface area contributed by atoms with Gasteiger partial charge in [-0.2, -0.15) is 0 Å². The van der Waals surface area contributed by atoms with Crippen molar-refractivity contribution in [1.29, 1.82) is 0 Å². The molecule has 0 radical (unpaired) electrons. The number of nitrogens with zero attached hydrogens (tertiary/aromatic N) is 2. The van der Waals surface area contributed by atoms with Crippen molar-refractivity contribution in [3.05, 3.63) is 23.8 Å². The van der Waals surface area contributed by atoms with E-state index in [1.54, 1.807) is 28.4 Å². The molecule has 2 atom stereocenters. The number of methoxy groups -OCH3 is 3. The van der Waals surface area contributed by atoms with Gasteiger partial charge in [0.2, 0.25) is 0 Å². The third-order valence-electron chi connectivity index (χ3n) is 5.67. The maximum Gasteiger partial charge on any atom is 0.191 e. The van der Waals surface area contributed by atoms with Gasteiger partial charge in [0.25, 0.3) is 0 Å². The predicted molar refractivity (Wildman–Crippen MR) is 124 cm³/mol. The number of nitrogens with one attached hydrogen (secondary N) is 2. The van der Waals surface area contributed by atoms with Gasteiger partial charge >= 0.3 is 0 Å². The van der Waals surface area contributed by atoms with Crippen LogP contribution in [0.4, 0.5) is 0 Å². The van der Waals surface area contributed by atoms with Crippen molar-refractivity contribution in [2.24, 2.45) is 10.4 Å². The molecule has 0 spiro atoms. The lowest BCUT2D eigenvalue weighted by Gasteiger charge is -2.35. The molecule has 0 saturated carbocycles. The van der Waals surface area contributed by atoms with E-state index in [0.29, 0.717) is 13.1 Å². The number of aliphatic imine (C=N–C) groups is 1. The van der Waals surface area contributed by atoms with Crippen molar-refractivity contribution in [1.82, 2.24) is 15.5 Å². The molecule has 1 aromatic carbocycles.